The van der Waals surface area contributed by atoms with E-state index >= 15 is 0 Å². The van der Waals surface area contributed by atoms with E-state index in [0.29, 0.717) is 17.0 Å². The van der Waals surface area contributed by atoms with Gasteiger partial charge in [0.25, 0.3) is 0 Å². The predicted molar refractivity (Wildman–Crippen MR) is 71.2 cm³/mol. The lowest BCUT2D eigenvalue weighted by atomic mass is 10.1. The first-order chi connectivity index (χ1) is 9.20. The Morgan fingerprint density at radius 3 is 2.47 bits per heavy atom. The molecule has 0 atom stereocenters. The molecule has 2 aromatic carbocycles. The van der Waals surface area contributed by atoms with Gasteiger partial charge in [0.1, 0.15) is 18.2 Å². The summed E-state index contributed by atoms with van der Waals surface area (Å²) in [5.41, 5.74) is 1.85. The zero-order chi connectivity index (χ0) is 13.7. The highest BCUT2D eigenvalue weighted by Gasteiger charge is 2.02. The number of nitrogens with zero attached hydrogens (tertiary/aromatic N) is 1. The van der Waals surface area contributed by atoms with Crippen LogP contribution in [0.25, 0.3) is 0 Å². The van der Waals surface area contributed by atoms with Crippen molar-refractivity contribution in [2.45, 2.75) is 13.5 Å². The van der Waals surface area contributed by atoms with E-state index in [1.54, 1.807) is 49.4 Å². The average molecular weight is 259 g/mol. The summed E-state index contributed by atoms with van der Waals surface area (Å²) in [6.07, 6.45) is 0. The van der Waals surface area contributed by atoms with Crippen molar-refractivity contribution < 1.29 is 14.3 Å². The molecule has 0 spiro atoms. The van der Waals surface area contributed by atoms with Crippen molar-refractivity contribution in [2.24, 2.45) is 5.16 Å². The highest BCUT2D eigenvalue weighted by Crippen LogP contribution is 2.16. The molecule has 0 saturated heterocycles. The highest BCUT2D eigenvalue weighted by atomic mass is 19.1. The molecule has 0 saturated carbocycles. The maximum atomic E-state index is 13.4. The minimum absolute atomic E-state index is 0.180. The summed E-state index contributed by atoms with van der Waals surface area (Å²) in [4.78, 5) is 0. The van der Waals surface area contributed by atoms with Gasteiger partial charge in [-0.15, -0.1) is 0 Å². The molecule has 0 aliphatic heterocycles. The van der Waals surface area contributed by atoms with Crippen molar-refractivity contribution in [3.05, 3.63) is 65.5 Å². The standard InChI is InChI=1S/C15H14FNO2/c1-11(17-18)12-6-8-14(9-7-12)19-10-13-4-2-3-5-15(13)16/h2-9,18H,10H2,1H3/b17-11+. The molecule has 2 rings (SSSR count). The number of hydrogen-bond acceptors (Lipinski definition) is 3. The molecule has 0 aromatic heterocycles. The summed E-state index contributed by atoms with van der Waals surface area (Å²) < 4.78 is 18.9. The van der Waals surface area contributed by atoms with Crippen LogP contribution in [0, 0.1) is 5.82 Å². The molecule has 0 bridgehead atoms. The second-order valence-electron chi connectivity index (χ2n) is 4.09. The molecule has 0 radical (unpaired) electrons. The lowest BCUT2D eigenvalue weighted by Gasteiger charge is -2.07. The van der Waals surface area contributed by atoms with Crippen molar-refractivity contribution in [1.29, 1.82) is 0 Å². The number of rotatable bonds is 4. The van der Waals surface area contributed by atoms with Crippen LogP contribution >= 0.6 is 0 Å². The highest BCUT2D eigenvalue weighted by molar-refractivity contribution is 5.98. The van der Waals surface area contributed by atoms with E-state index in [2.05, 4.69) is 5.16 Å². The van der Waals surface area contributed by atoms with E-state index in [9.17, 15) is 4.39 Å². The van der Waals surface area contributed by atoms with E-state index in [4.69, 9.17) is 9.94 Å². The third-order valence-corrected chi connectivity index (χ3v) is 2.77. The fraction of sp³-hybridized carbons (Fsp3) is 0.133. The summed E-state index contributed by atoms with van der Waals surface area (Å²) in [6, 6.07) is 13.6. The molecule has 4 heteroatoms. The van der Waals surface area contributed by atoms with E-state index in [0.717, 1.165) is 5.56 Å². The van der Waals surface area contributed by atoms with Gasteiger partial charge >= 0.3 is 0 Å². The average Bonchev–Trinajstić information content (AvgIpc) is 2.46. The van der Waals surface area contributed by atoms with Crippen molar-refractivity contribution in [3.63, 3.8) is 0 Å². The van der Waals surface area contributed by atoms with Gasteiger partial charge in [-0.2, -0.15) is 0 Å². The van der Waals surface area contributed by atoms with Gasteiger partial charge in [0.15, 0.2) is 0 Å². The fourth-order valence-corrected chi connectivity index (χ4v) is 1.63. The minimum Gasteiger partial charge on any atom is -0.489 e. The van der Waals surface area contributed by atoms with Crippen molar-refractivity contribution in [2.75, 3.05) is 0 Å². The maximum Gasteiger partial charge on any atom is 0.129 e. The van der Waals surface area contributed by atoms with Gasteiger partial charge in [0, 0.05) is 5.56 Å². The van der Waals surface area contributed by atoms with Crippen LogP contribution in [0.1, 0.15) is 18.1 Å². The van der Waals surface area contributed by atoms with Crippen LogP contribution in [-0.2, 0) is 6.61 Å². The molecule has 0 unspecified atom stereocenters. The molecule has 1 N–H and O–H groups in total. The van der Waals surface area contributed by atoms with E-state index in [1.807, 2.05) is 0 Å². The van der Waals surface area contributed by atoms with Crippen LogP contribution in [-0.4, -0.2) is 10.9 Å². The molecule has 0 aliphatic rings. The number of halogens is 1. The van der Waals surface area contributed by atoms with Gasteiger partial charge in [0.05, 0.1) is 5.71 Å². The summed E-state index contributed by atoms with van der Waals surface area (Å²) in [5, 5.41) is 11.8. The van der Waals surface area contributed by atoms with Crippen LogP contribution < -0.4 is 4.74 Å². The first kappa shape index (κ1) is 13.1. The Kier molecular flexibility index (Phi) is 4.13. The lowest BCUT2D eigenvalue weighted by molar-refractivity contribution is 0.300. The first-order valence-corrected chi connectivity index (χ1v) is 5.86. The van der Waals surface area contributed by atoms with Crippen LogP contribution in [0.4, 0.5) is 4.39 Å². The molecular formula is C15H14FNO2. The third kappa shape index (κ3) is 3.31. The zero-order valence-electron chi connectivity index (χ0n) is 10.5. The van der Waals surface area contributed by atoms with Gasteiger partial charge in [-0.1, -0.05) is 23.4 Å². The maximum absolute atomic E-state index is 13.4. The summed E-state index contributed by atoms with van der Waals surface area (Å²) in [7, 11) is 0. The largest absolute Gasteiger partial charge is 0.489 e. The van der Waals surface area contributed by atoms with E-state index in [1.165, 1.54) is 6.07 Å². The Balaban J connectivity index is 2.03. The summed E-state index contributed by atoms with van der Waals surface area (Å²) >= 11 is 0. The van der Waals surface area contributed by atoms with Gasteiger partial charge < -0.3 is 9.94 Å². The first-order valence-electron chi connectivity index (χ1n) is 5.86. The Hall–Kier alpha value is -2.36. The molecule has 0 aliphatic carbocycles. The molecule has 0 fully saturated rings. The van der Waals surface area contributed by atoms with Crippen LogP contribution in [0.2, 0.25) is 0 Å². The summed E-state index contributed by atoms with van der Waals surface area (Å²) in [6.45, 7) is 1.88. The molecular weight excluding hydrogens is 245 g/mol. The number of oxime groups is 1. The lowest BCUT2D eigenvalue weighted by Crippen LogP contribution is -1.99. The molecule has 3 nitrogen and oxygen atoms in total. The second-order valence-corrected chi connectivity index (χ2v) is 4.09. The SMILES string of the molecule is C/C(=N\O)c1ccc(OCc2ccccc2F)cc1. The number of hydrogen-bond donors (Lipinski definition) is 1. The van der Waals surface area contributed by atoms with Crippen LogP contribution in [0.15, 0.2) is 53.7 Å². The molecule has 98 valence electrons. The van der Waals surface area contributed by atoms with Crippen molar-refractivity contribution >= 4 is 5.71 Å². The normalized spacial score (nSPS) is 11.4. The van der Waals surface area contributed by atoms with Crippen molar-refractivity contribution in [3.8, 4) is 5.75 Å². The number of benzene rings is 2. The third-order valence-electron chi connectivity index (χ3n) is 2.77. The van der Waals surface area contributed by atoms with E-state index < -0.39 is 0 Å². The smallest absolute Gasteiger partial charge is 0.129 e. The zero-order valence-corrected chi connectivity index (χ0v) is 10.5. The monoisotopic (exact) mass is 259 g/mol. The van der Waals surface area contributed by atoms with Crippen LogP contribution in [0.5, 0.6) is 5.75 Å². The molecule has 0 amide bonds. The molecule has 2 aromatic rings. The van der Waals surface area contributed by atoms with Gasteiger partial charge in [0.2, 0.25) is 0 Å². The number of ether oxygens (including phenoxy) is 1. The van der Waals surface area contributed by atoms with Gasteiger partial charge in [-0.05, 0) is 42.8 Å². The fourth-order valence-electron chi connectivity index (χ4n) is 1.63. The Labute approximate surface area is 111 Å². The van der Waals surface area contributed by atoms with E-state index in [-0.39, 0.29) is 12.4 Å². The van der Waals surface area contributed by atoms with Crippen molar-refractivity contribution in [1.82, 2.24) is 0 Å². The quantitative estimate of drug-likeness (QED) is 0.518. The Morgan fingerprint density at radius 2 is 1.84 bits per heavy atom. The Bertz CT molecular complexity index is 579. The summed E-state index contributed by atoms with van der Waals surface area (Å²) in [5.74, 6) is 0.361. The van der Waals surface area contributed by atoms with Gasteiger partial charge in [-0.3, -0.25) is 0 Å². The second kappa shape index (κ2) is 6.00. The van der Waals surface area contributed by atoms with Gasteiger partial charge in [-0.25, -0.2) is 4.39 Å². The minimum atomic E-state index is -0.276. The molecule has 19 heavy (non-hydrogen) atoms. The predicted octanol–water partition coefficient (Wildman–Crippen LogP) is 3.60. The topological polar surface area (TPSA) is 41.8 Å². The molecule has 0 heterocycles. The van der Waals surface area contributed by atoms with Crippen LogP contribution in [0.3, 0.4) is 0 Å². The Morgan fingerprint density at radius 1 is 1.16 bits per heavy atom.